The third-order valence-corrected chi connectivity index (χ3v) is 3.91. The van der Waals surface area contributed by atoms with Gasteiger partial charge in [-0.3, -0.25) is 0 Å². The molecule has 0 saturated heterocycles. The number of rotatable bonds is 1. The van der Waals surface area contributed by atoms with Gasteiger partial charge in [-0.2, -0.15) is 0 Å². The Labute approximate surface area is 134 Å². The molecule has 3 rings (SSSR count). The van der Waals surface area contributed by atoms with Crippen LogP contribution in [0, 0.1) is 6.92 Å². The first-order valence-corrected chi connectivity index (χ1v) is 7.48. The van der Waals surface area contributed by atoms with Crippen LogP contribution in [0.3, 0.4) is 0 Å². The fraction of sp³-hybridized carbons (Fsp3) is 0.0667. The predicted octanol–water partition coefficient (Wildman–Crippen LogP) is 5.67. The van der Waals surface area contributed by atoms with Gasteiger partial charge in [0.1, 0.15) is 5.15 Å². The second-order valence-electron chi connectivity index (χ2n) is 4.52. The van der Waals surface area contributed by atoms with Crippen molar-refractivity contribution in [3.8, 4) is 11.4 Å². The molecule has 0 bridgehead atoms. The zero-order valence-electron chi connectivity index (χ0n) is 10.5. The molecule has 0 aliphatic rings. The second-order valence-corrected chi connectivity index (χ2v) is 6.23. The number of aromatic nitrogens is 2. The van der Waals surface area contributed by atoms with Crippen LogP contribution in [0.4, 0.5) is 0 Å². The molecule has 0 atom stereocenters. The van der Waals surface area contributed by atoms with E-state index in [1.165, 1.54) is 0 Å². The summed E-state index contributed by atoms with van der Waals surface area (Å²) in [6, 6.07) is 11.5. The molecule has 0 spiro atoms. The van der Waals surface area contributed by atoms with Crippen LogP contribution in [0.15, 0.2) is 40.9 Å². The standard InChI is InChI=1S/C15H9BrCl2N2/c1-8-4-9(6-11(17)5-8)15-19-13-7-10(16)2-3-12(13)14(18)20-15/h2-7H,1H3. The van der Waals surface area contributed by atoms with Crippen LogP contribution in [0.1, 0.15) is 5.56 Å². The summed E-state index contributed by atoms with van der Waals surface area (Å²) < 4.78 is 0.952. The van der Waals surface area contributed by atoms with E-state index < -0.39 is 0 Å². The molecule has 2 aromatic carbocycles. The Balaban J connectivity index is 2.26. The van der Waals surface area contributed by atoms with Crippen LogP contribution >= 0.6 is 39.1 Å². The maximum atomic E-state index is 6.24. The summed E-state index contributed by atoms with van der Waals surface area (Å²) >= 11 is 15.8. The molecule has 2 nitrogen and oxygen atoms in total. The summed E-state index contributed by atoms with van der Waals surface area (Å²) in [4.78, 5) is 8.93. The lowest BCUT2D eigenvalue weighted by atomic mass is 10.1. The van der Waals surface area contributed by atoms with Crippen molar-refractivity contribution in [3.05, 3.63) is 56.6 Å². The van der Waals surface area contributed by atoms with E-state index in [0.29, 0.717) is 16.0 Å². The largest absolute Gasteiger partial charge is 0.228 e. The zero-order chi connectivity index (χ0) is 14.3. The Kier molecular flexibility index (Phi) is 3.67. The molecule has 3 aromatic rings. The molecule has 1 heterocycles. The summed E-state index contributed by atoms with van der Waals surface area (Å²) in [5, 5.41) is 1.93. The molecular formula is C15H9BrCl2N2. The zero-order valence-corrected chi connectivity index (χ0v) is 13.6. The Morgan fingerprint density at radius 1 is 1.00 bits per heavy atom. The van der Waals surface area contributed by atoms with E-state index in [1.54, 1.807) is 0 Å². The van der Waals surface area contributed by atoms with Gasteiger partial charge in [-0.05, 0) is 48.9 Å². The first-order valence-electron chi connectivity index (χ1n) is 5.93. The average molecular weight is 368 g/mol. The number of nitrogens with zero attached hydrogens (tertiary/aromatic N) is 2. The van der Waals surface area contributed by atoms with E-state index in [-0.39, 0.29) is 0 Å². The van der Waals surface area contributed by atoms with Crippen molar-refractivity contribution in [2.45, 2.75) is 6.92 Å². The fourth-order valence-corrected chi connectivity index (χ4v) is 2.94. The number of hydrogen-bond acceptors (Lipinski definition) is 2. The molecule has 0 radical (unpaired) electrons. The van der Waals surface area contributed by atoms with Crippen molar-refractivity contribution in [2.24, 2.45) is 0 Å². The lowest BCUT2D eigenvalue weighted by Gasteiger charge is -2.06. The van der Waals surface area contributed by atoms with E-state index in [2.05, 4.69) is 25.9 Å². The summed E-state index contributed by atoms with van der Waals surface area (Å²) in [5.74, 6) is 0.575. The Bertz CT molecular complexity index is 798. The minimum Gasteiger partial charge on any atom is -0.228 e. The quantitative estimate of drug-likeness (QED) is 0.517. The summed E-state index contributed by atoms with van der Waals surface area (Å²) in [7, 11) is 0. The lowest BCUT2D eigenvalue weighted by Crippen LogP contribution is -1.92. The van der Waals surface area contributed by atoms with Gasteiger partial charge < -0.3 is 0 Å². The molecular weight excluding hydrogens is 359 g/mol. The van der Waals surface area contributed by atoms with Gasteiger partial charge in [0.2, 0.25) is 0 Å². The normalized spacial score (nSPS) is 11.0. The third-order valence-electron chi connectivity index (χ3n) is 2.91. The fourth-order valence-electron chi connectivity index (χ4n) is 2.06. The summed E-state index contributed by atoms with van der Waals surface area (Å²) in [6.07, 6.45) is 0. The monoisotopic (exact) mass is 366 g/mol. The van der Waals surface area contributed by atoms with Crippen LogP contribution in [0.5, 0.6) is 0 Å². The molecule has 0 saturated carbocycles. The van der Waals surface area contributed by atoms with Crippen molar-refractivity contribution in [1.29, 1.82) is 0 Å². The molecule has 0 aliphatic heterocycles. The maximum absolute atomic E-state index is 6.24. The van der Waals surface area contributed by atoms with Gasteiger partial charge in [0.05, 0.1) is 5.52 Å². The van der Waals surface area contributed by atoms with Crippen LogP contribution in [-0.4, -0.2) is 9.97 Å². The molecule has 0 fully saturated rings. The topological polar surface area (TPSA) is 25.8 Å². The highest BCUT2D eigenvalue weighted by atomic mass is 79.9. The SMILES string of the molecule is Cc1cc(Cl)cc(-c2nc(Cl)c3ccc(Br)cc3n2)c1. The number of halogens is 3. The van der Waals surface area contributed by atoms with Crippen molar-refractivity contribution in [3.63, 3.8) is 0 Å². The van der Waals surface area contributed by atoms with Crippen molar-refractivity contribution in [1.82, 2.24) is 9.97 Å². The summed E-state index contributed by atoms with van der Waals surface area (Å²) in [5.41, 5.74) is 2.72. The molecule has 100 valence electrons. The van der Waals surface area contributed by atoms with E-state index in [9.17, 15) is 0 Å². The van der Waals surface area contributed by atoms with Crippen molar-refractivity contribution >= 4 is 50.0 Å². The molecule has 0 unspecified atom stereocenters. The van der Waals surface area contributed by atoms with Crippen LogP contribution in [-0.2, 0) is 0 Å². The minimum absolute atomic E-state index is 0.440. The predicted molar refractivity (Wildman–Crippen MR) is 87.4 cm³/mol. The van der Waals surface area contributed by atoms with Gasteiger partial charge >= 0.3 is 0 Å². The van der Waals surface area contributed by atoms with Gasteiger partial charge in [-0.15, -0.1) is 0 Å². The number of hydrogen-bond donors (Lipinski definition) is 0. The van der Waals surface area contributed by atoms with Crippen LogP contribution < -0.4 is 0 Å². The summed E-state index contributed by atoms with van der Waals surface area (Å²) in [6.45, 7) is 1.98. The number of benzene rings is 2. The average Bonchev–Trinajstić information content (AvgIpc) is 2.36. The minimum atomic E-state index is 0.440. The lowest BCUT2D eigenvalue weighted by molar-refractivity contribution is 1.22. The highest BCUT2D eigenvalue weighted by molar-refractivity contribution is 9.10. The van der Waals surface area contributed by atoms with E-state index in [1.807, 2.05) is 43.3 Å². The second kappa shape index (κ2) is 5.32. The van der Waals surface area contributed by atoms with E-state index in [4.69, 9.17) is 23.2 Å². The molecule has 1 aromatic heterocycles. The first-order chi connectivity index (χ1) is 9.52. The van der Waals surface area contributed by atoms with E-state index >= 15 is 0 Å². The Hall–Kier alpha value is -1.16. The smallest absolute Gasteiger partial charge is 0.161 e. The molecule has 0 aliphatic carbocycles. The Morgan fingerprint density at radius 3 is 2.55 bits per heavy atom. The number of fused-ring (bicyclic) bond motifs is 1. The third kappa shape index (κ3) is 2.66. The van der Waals surface area contributed by atoms with Crippen LogP contribution in [0.25, 0.3) is 22.3 Å². The van der Waals surface area contributed by atoms with Gasteiger partial charge in [-0.25, -0.2) is 9.97 Å². The van der Waals surface area contributed by atoms with Gasteiger partial charge in [-0.1, -0.05) is 39.1 Å². The van der Waals surface area contributed by atoms with Crippen molar-refractivity contribution < 1.29 is 0 Å². The van der Waals surface area contributed by atoms with Gasteiger partial charge in [0.25, 0.3) is 0 Å². The molecule has 20 heavy (non-hydrogen) atoms. The molecule has 0 amide bonds. The number of aryl methyl sites for hydroxylation is 1. The maximum Gasteiger partial charge on any atom is 0.161 e. The Morgan fingerprint density at radius 2 is 1.80 bits per heavy atom. The first kappa shape index (κ1) is 13.8. The highest BCUT2D eigenvalue weighted by Gasteiger charge is 2.09. The van der Waals surface area contributed by atoms with Gasteiger partial charge in [0, 0.05) is 20.4 Å². The molecule has 5 heteroatoms. The van der Waals surface area contributed by atoms with E-state index in [0.717, 1.165) is 26.5 Å². The van der Waals surface area contributed by atoms with Crippen LogP contribution in [0.2, 0.25) is 10.2 Å². The van der Waals surface area contributed by atoms with Crippen molar-refractivity contribution in [2.75, 3.05) is 0 Å². The molecule has 0 N–H and O–H groups in total. The van der Waals surface area contributed by atoms with Gasteiger partial charge in [0.15, 0.2) is 5.82 Å². The highest BCUT2D eigenvalue weighted by Crippen LogP contribution is 2.28.